The first-order valence-electron chi connectivity index (χ1n) is 8.91. The lowest BCUT2D eigenvalue weighted by atomic mass is 10.3. The number of amides is 1. The third-order valence-corrected chi connectivity index (χ3v) is 5.45. The van der Waals surface area contributed by atoms with Gasteiger partial charge in [-0.1, -0.05) is 23.2 Å². The van der Waals surface area contributed by atoms with E-state index in [9.17, 15) is 4.79 Å². The Bertz CT molecular complexity index is 944. The van der Waals surface area contributed by atoms with Gasteiger partial charge in [0.15, 0.2) is 5.76 Å². The number of furan rings is 1. The highest BCUT2D eigenvalue weighted by Crippen LogP contribution is 2.28. The fourth-order valence-electron chi connectivity index (χ4n) is 2.54. The zero-order chi connectivity index (χ0) is 20.8. The second-order valence-corrected chi connectivity index (χ2v) is 8.39. The molecule has 0 radical (unpaired) electrons. The molecule has 1 aromatic carbocycles. The monoisotopic (exact) mass is 453 g/mol. The first-order valence-corrected chi connectivity index (χ1v) is 10.5. The molecular weight excluding hydrogens is 433 g/mol. The molecule has 0 spiro atoms. The summed E-state index contributed by atoms with van der Waals surface area (Å²) in [5.41, 5.74) is 0.796. The van der Waals surface area contributed by atoms with Crippen molar-refractivity contribution in [2.75, 3.05) is 27.2 Å². The number of rotatable bonds is 9. The Morgan fingerprint density at radius 1 is 1.24 bits per heavy atom. The SMILES string of the molecule is CN(C)CCN(Cc1csc(COc2cc(Cl)ccc2Cl)n1)C(=O)c1ccco1. The molecule has 0 atom stereocenters. The molecule has 0 aliphatic carbocycles. The van der Waals surface area contributed by atoms with Crippen molar-refractivity contribution in [1.29, 1.82) is 0 Å². The Morgan fingerprint density at radius 3 is 2.79 bits per heavy atom. The van der Waals surface area contributed by atoms with Gasteiger partial charge in [0, 0.05) is 29.6 Å². The number of halogens is 2. The molecule has 1 amide bonds. The second-order valence-electron chi connectivity index (χ2n) is 6.60. The van der Waals surface area contributed by atoms with Crippen molar-refractivity contribution < 1.29 is 13.9 Å². The summed E-state index contributed by atoms with van der Waals surface area (Å²) in [4.78, 5) is 21.1. The van der Waals surface area contributed by atoms with Crippen molar-refractivity contribution in [1.82, 2.24) is 14.8 Å². The number of likely N-dealkylation sites (N-methyl/N-ethyl adjacent to an activating group) is 1. The van der Waals surface area contributed by atoms with E-state index in [0.717, 1.165) is 17.2 Å². The lowest BCUT2D eigenvalue weighted by Gasteiger charge is -2.22. The molecule has 0 N–H and O–H groups in total. The molecule has 0 unspecified atom stereocenters. The van der Waals surface area contributed by atoms with Gasteiger partial charge in [0.2, 0.25) is 0 Å². The molecule has 0 bridgehead atoms. The fourth-order valence-corrected chi connectivity index (χ4v) is 3.57. The van der Waals surface area contributed by atoms with Gasteiger partial charge in [0.1, 0.15) is 17.4 Å². The molecule has 29 heavy (non-hydrogen) atoms. The first kappa shape index (κ1) is 21.6. The Hall–Kier alpha value is -2.06. The van der Waals surface area contributed by atoms with Gasteiger partial charge >= 0.3 is 0 Å². The summed E-state index contributed by atoms with van der Waals surface area (Å²) < 4.78 is 11.0. The normalized spacial score (nSPS) is 11.1. The highest BCUT2D eigenvalue weighted by atomic mass is 35.5. The van der Waals surface area contributed by atoms with Crippen LogP contribution in [0, 0.1) is 0 Å². The molecule has 0 aliphatic rings. The molecule has 9 heteroatoms. The van der Waals surface area contributed by atoms with E-state index in [2.05, 4.69) is 4.98 Å². The van der Waals surface area contributed by atoms with Crippen molar-refractivity contribution in [3.8, 4) is 5.75 Å². The number of carbonyl (C=O) groups is 1. The number of ether oxygens (including phenoxy) is 1. The summed E-state index contributed by atoms with van der Waals surface area (Å²) in [7, 11) is 3.93. The molecule has 3 rings (SSSR count). The van der Waals surface area contributed by atoms with Crippen molar-refractivity contribution in [3.63, 3.8) is 0 Å². The van der Waals surface area contributed by atoms with Crippen LogP contribution in [0.4, 0.5) is 0 Å². The predicted molar refractivity (Wildman–Crippen MR) is 115 cm³/mol. The third-order valence-electron chi connectivity index (χ3n) is 4.03. The lowest BCUT2D eigenvalue weighted by Crippen LogP contribution is -2.36. The van der Waals surface area contributed by atoms with Crippen LogP contribution in [0.3, 0.4) is 0 Å². The molecule has 0 saturated carbocycles. The van der Waals surface area contributed by atoms with Gasteiger partial charge in [-0.05, 0) is 38.4 Å². The number of aromatic nitrogens is 1. The first-order chi connectivity index (χ1) is 13.9. The minimum atomic E-state index is -0.159. The second kappa shape index (κ2) is 10.1. The van der Waals surface area contributed by atoms with E-state index in [1.807, 2.05) is 24.4 Å². The Balaban J connectivity index is 1.65. The van der Waals surface area contributed by atoms with Crippen LogP contribution in [0.15, 0.2) is 46.4 Å². The maximum absolute atomic E-state index is 12.7. The van der Waals surface area contributed by atoms with Gasteiger partial charge in [0.25, 0.3) is 5.91 Å². The van der Waals surface area contributed by atoms with E-state index < -0.39 is 0 Å². The van der Waals surface area contributed by atoms with E-state index in [0.29, 0.717) is 34.6 Å². The van der Waals surface area contributed by atoms with E-state index in [4.69, 9.17) is 32.4 Å². The zero-order valence-corrected chi connectivity index (χ0v) is 18.4. The Kier molecular flexibility index (Phi) is 7.55. The van der Waals surface area contributed by atoms with Crippen molar-refractivity contribution in [2.45, 2.75) is 13.2 Å². The van der Waals surface area contributed by atoms with Crippen LogP contribution in [0.25, 0.3) is 0 Å². The summed E-state index contributed by atoms with van der Waals surface area (Å²) in [6, 6.07) is 8.44. The van der Waals surface area contributed by atoms with E-state index in [1.54, 1.807) is 35.2 Å². The molecule has 0 aliphatic heterocycles. The molecule has 0 saturated heterocycles. The average Bonchev–Trinajstić information content (AvgIpc) is 3.37. The van der Waals surface area contributed by atoms with Crippen LogP contribution >= 0.6 is 34.5 Å². The van der Waals surface area contributed by atoms with Crippen molar-refractivity contribution >= 4 is 40.4 Å². The van der Waals surface area contributed by atoms with Crippen LogP contribution in [0.1, 0.15) is 21.3 Å². The zero-order valence-electron chi connectivity index (χ0n) is 16.1. The molecule has 2 aromatic heterocycles. The Morgan fingerprint density at radius 2 is 2.07 bits per heavy atom. The number of benzene rings is 1. The quantitative estimate of drug-likeness (QED) is 0.464. The summed E-state index contributed by atoms with van der Waals surface area (Å²) in [6.45, 7) is 1.96. The summed E-state index contributed by atoms with van der Waals surface area (Å²) in [5, 5.41) is 3.76. The van der Waals surface area contributed by atoms with Crippen LogP contribution in [-0.2, 0) is 13.2 Å². The van der Waals surface area contributed by atoms with Crippen LogP contribution < -0.4 is 4.74 Å². The van der Waals surface area contributed by atoms with Gasteiger partial charge in [-0.15, -0.1) is 11.3 Å². The smallest absolute Gasteiger partial charge is 0.289 e. The number of carbonyl (C=O) groups excluding carboxylic acids is 1. The van der Waals surface area contributed by atoms with Gasteiger partial charge in [-0.25, -0.2) is 4.98 Å². The number of nitrogens with zero attached hydrogens (tertiary/aromatic N) is 3. The van der Waals surface area contributed by atoms with E-state index in [1.165, 1.54) is 17.6 Å². The van der Waals surface area contributed by atoms with Crippen LogP contribution in [-0.4, -0.2) is 47.9 Å². The van der Waals surface area contributed by atoms with Gasteiger partial charge in [0.05, 0.1) is 23.5 Å². The molecule has 154 valence electrons. The predicted octanol–water partition coefficient (Wildman–Crippen LogP) is 4.83. The maximum Gasteiger partial charge on any atom is 0.289 e. The minimum absolute atomic E-state index is 0.159. The standard InChI is InChI=1S/C20H21Cl2N3O3S/c1-24(2)7-8-25(20(26)17-4-3-9-27-17)11-15-13-29-19(23-15)12-28-18-10-14(21)5-6-16(18)22/h3-6,9-10,13H,7-8,11-12H2,1-2H3. The summed E-state index contributed by atoms with van der Waals surface area (Å²) in [5.74, 6) is 0.669. The topological polar surface area (TPSA) is 58.8 Å². The van der Waals surface area contributed by atoms with Crippen molar-refractivity contribution in [3.05, 3.63) is 68.5 Å². The highest BCUT2D eigenvalue weighted by Gasteiger charge is 2.20. The Labute approximate surface area is 183 Å². The fraction of sp³-hybridized carbons (Fsp3) is 0.300. The molecule has 3 aromatic rings. The van der Waals surface area contributed by atoms with Gasteiger partial charge in [-0.3, -0.25) is 4.79 Å². The molecule has 0 fully saturated rings. The number of hydrogen-bond acceptors (Lipinski definition) is 6. The van der Waals surface area contributed by atoms with Gasteiger partial charge in [-0.2, -0.15) is 0 Å². The summed E-state index contributed by atoms with van der Waals surface area (Å²) in [6.07, 6.45) is 1.50. The maximum atomic E-state index is 12.7. The van der Waals surface area contributed by atoms with Crippen molar-refractivity contribution in [2.24, 2.45) is 0 Å². The lowest BCUT2D eigenvalue weighted by molar-refractivity contribution is 0.0698. The molecule has 2 heterocycles. The third kappa shape index (κ3) is 6.21. The molecule has 6 nitrogen and oxygen atoms in total. The molecular formula is C20H21Cl2N3O3S. The number of thiazole rings is 1. The number of hydrogen-bond donors (Lipinski definition) is 0. The summed E-state index contributed by atoms with van der Waals surface area (Å²) >= 11 is 13.6. The van der Waals surface area contributed by atoms with Crippen LogP contribution in [0.5, 0.6) is 5.75 Å². The highest BCUT2D eigenvalue weighted by molar-refractivity contribution is 7.09. The van der Waals surface area contributed by atoms with E-state index in [-0.39, 0.29) is 12.5 Å². The van der Waals surface area contributed by atoms with E-state index >= 15 is 0 Å². The van der Waals surface area contributed by atoms with Gasteiger partial charge < -0.3 is 19.0 Å². The largest absolute Gasteiger partial charge is 0.485 e. The average molecular weight is 454 g/mol. The minimum Gasteiger partial charge on any atom is -0.485 e. The van der Waals surface area contributed by atoms with Crippen LogP contribution in [0.2, 0.25) is 10.0 Å².